The minimum atomic E-state index is -1.68. The normalized spacial score (nSPS) is 15.1. The van der Waals surface area contributed by atoms with Gasteiger partial charge in [0.1, 0.15) is 11.5 Å². The maximum Gasteiger partial charge on any atom is 0.339 e. The summed E-state index contributed by atoms with van der Waals surface area (Å²) in [7, 11) is 1.22. The summed E-state index contributed by atoms with van der Waals surface area (Å²) in [5, 5.41) is 2.95. The van der Waals surface area contributed by atoms with Crippen LogP contribution in [0.15, 0.2) is 98.1 Å². The molecule has 2 atom stereocenters. The van der Waals surface area contributed by atoms with Crippen molar-refractivity contribution in [1.82, 2.24) is 4.90 Å². The highest BCUT2D eigenvalue weighted by Crippen LogP contribution is 2.27. The molecule has 13 nitrogen and oxygen atoms in total. The number of likely N-dealkylation sites (N-methyl/N-ethyl adjacent to an activating group) is 1. The lowest BCUT2D eigenvalue weighted by Crippen LogP contribution is -2.37. The van der Waals surface area contributed by atoms with Gasteiger partial charge in [-0.3, -0.25) is 14.5 Å². The lowest BCUT2D eigenvalue weighted by atomic mass is 10.1. The van der Waals surface area contributed by atoms with E-state index in [2.05, 4.69) is 13.2 Å². The molecule has 0 radical (unpaired) electrons. The van der Waals surface area contributed by atoms with Gasteiger partial charge >= 0.3 is 23.9 Å². The number of esters is 4. The molecule has 0 aromatic heterocycles. The number of benzene rings is 4. The monoisotopic (exact) mass is 737 g/mol. The number of ether oxygens (including phenoxy) is 6. The summed E-state index contributed by atoms with van der Waals surface area (Å²) in [6.45, 7) is 8.07. The Kier molecular flexibility index (Phi) is 13.1. The maximum absolute atomic E-state index is 13.2. The van der Waals surface area contributed by atoms with Gasteiger partial charge in [-0.25, -0.2) is 19.2 Å². The molecule has 4 aromatic carbocycles. The van der Waals surface area contributed by atoms with Crippen LogP contribution in [-0.2, 0) is 38.1 Å². The van der Waals surface area contributed by atoms with Crippen LogP contribution in [0.3, 0.4) is 0 Å². The van der Waals surface area contributed by atoms with Crippen LogP contribution in [0.2, 0.25) is 0 Å². The summed E-state index contributed by atoms with van der Waals surface area (Å²) < 4.78 is 32.5. The van der Waals surface area contributed by atoms with Crippen LogP contribution in [-0.4, -0.2) is 86.3 Å². The lowest BCUT2D eigenvalue weighted by Gasteiger charge is -2.17. The van der Waals surface area contributed by atoms with Crippen molar-refractivity contribution in [3.8, 4) is 11.5 Å². The van der Waals surface area contributed by atoms with E-state index in [0.717, 1.165) is 27.8 Å². The second-order valence-corrected chi connectivity index (χ2v) is 12.2. The van der Waals surface area contributed by atoms with Crippen LogP contribution in [0, 0.1) is 0 Å². The van der Waals surface area contributed by atoms with Gasteiger partial charge < -0.3 is 28.4 Å². The molecule has 1 saturated heterocycles. The van der Waals surface area contributed by atoms with E-state index in [1.807, 2.05) is 12.1 Å². The van der Waals surface area contributed by atoms with E-state index in [1.165, 1.54) is 19.2 Å². The van der Waals surface area contributed by atoms with E-state index < -0.39 is 47.9 Å². The molecule has 5 rings (SSSR count). The van der Waals surface area contributed by atoms with Crippen LogP contribution in [0.1, 0.15) is 46.4 Å². The van der Waals surface area contributed by atoms with Crippen molar-refractivity contribution in [2.75, 3.05) is 33.5 Å². The number of likely N-dealkylation sites (tertiary alicyclic amines) is 1. The zero-order valence-corrected chi connectivity index (χ0v) is 29.7. The quantitative estimate of drug-likeness (QED) is 0.0414. The Balaban J connectivity index is 1.17. The smallest absolute Gasteiger partial charge is 0.339 e. The van der Waals surface area contributed by atoms with Crippen LogP contribution in [0.25, 0.3) is 21.5 Å². The first-order valence-electron chi connectivity index (χ1n) is 17.2. The fraction of sp³-hybridized carbons (Fsp3) is 0.268. The Bertz CT molecular complexity index is 1940. The summed E-state index contributed by atoms with van der Waals surface area (Å²) in [6, 6.07) is 20.2. The zero-order valence-electron chi connectivity index (χ0n) is 29.7. The Labute approximate surface area is 311 Å². The van der Waals surface area contributed by atoms with Crippen molar-refractivity contribution in [3.05, 3.63) is 109 Å². The Morgan fingerprint density at radius 1 is 0.574 bits per heavy atom. The second-order valence-electron chi connectivity index (χ2n) is 12.2. The summed E-state index contributed by atoms with van der Waals surface area (Å²) >= 11 is 0. The van der Waals surface area contributed by atoms with Crippen molar-refractivity contribution in [3.63, 3.8) is 0 Å². The molecule has 1 heterocycles. The van der Waals surface area contributed by atoms with Gasteiger partial charge in [-0.15, -0.1) is 0 Å². The van der Waals surface area contributed by atoms with Gasteiger partial charge in [-0.1, -0.05) is 37.4 Å². The van der Waals surface area contributed by atoms with E-state index in [1.54, 1.807) is 48.5 Å². The first-order valence-corrected chi connectivity index (χ1v) is 17.2. The molecule has 1 aliphatic heterocycles. The summed E-state index contributed by atoms with van der Waals surface area (Å²) in [5.41, 5.74) is 0.244. The molecule has 54 heavy (non-hydrogen) atoms. The van der Waals surface area contributed by atoms with E-state index in [-0.39, 0.29) is 24.3 Å². The molecule has 4 aromatic rings. The molecule has 0 spiro atoms. The summed E-state index contributed by atoms with van der Waals surface area (Å²) in [4.78, 5) is 75.5. The van der Waals surface area contributed by atoms with Gasteiger partial charge in [0.05, 0.1) is 37.6 Å². The number of unbranched alkanes of at least 4 members (excludes halogenated alkanes) is 2. The molecule has 0 N–H and O–H groups in total. The van der Waals surface area contributed by atoms with Gasteiger partial charge in [0.25, 0.3) is 11.8 Å². The minimum Gasteiger partial charge on any atom is -0.494 e. The van der Waals surface area contributed by atoms with Crippen LogP contribution >= 0.6 is 0 Å². The third kappa shape index (κ3) is 9.88. The van der Waals surface area contributed by atoms with Crippen molar-refractivity contribution < 1.29 is 57.2 Å². The van der Waals surface area contributed by atoms with Gasteiger partial charge in [0, 0.05) is 19.2 Å². The Hall–Kier alpha value is -6.50. The predicted molar refractivity (Wildman–Crippen MR) is 196 cm³/mol. The molecular formula is C41H39NO12. The molecule has 1 aliphatic rings. The second kappa shape index (κ2) is 18.3. The fourth-order valence-electron chi connectivity index (χ4n) is 5.47. The minimum absolute atomic E-state index is 0.122. The largest absolute Gasteiger partial charge is 0.494 e. The topological polar surface area (TPSA) is 161 Å². The number of hydrogen-bond acceptors (Lipinski definition) is 12. The number of amides is 2. The highest BCUT2D eigenvalue weighted by Gasteiger charge is 2.51. The first-order chi connectivity index (χ1) is 26.1. The number of hydrogen-bond donors (Lipinski definition) is 0. The molecule has 0 unspecified atom stereocenters. The van der Waals surface area contributed by atoms with Crippen LogP contribution < -0.4 is 9.47 Å². The Morgan fingerprint density at radius 3 is 1.35 bits per heavy atom. The van der Waals surface area contributed by atoms with E-state index >= 15 is 0 Å². The zero-order chi connectivity index (χ0) is 38.6. The van der Waals surface area contributed by atoms with Crippen molar-refractivity contribution in [2.24, 2.45) is 0 Å². The number of fused-ring (bicyclic) bond motifs is 2. The average Bonchev–Trinajstić information content (AvgIpc) is 3.38. The summed E-state index contributed by atoms with van der Waals surface area (Å²) in [5.74, 6) is -3.11. The molecule has 0 aliphatic carbocycles. The highest BCUT2D eigenvalue weighted by molar-refractivity contribution is 6.10. The van der Waals surface area contributed by atoms with Gasteiger partial charge in [-0.05, 0) is 95.8 Å². The van der Waals surface area contributed by atoms with E-state index in [4.69, 9.17) is 28.4 Å². The molecule has 0 saturated carbocycles. The van der Waals surface area contributed by atoms with Gasteiger partial charge in [0.2, 0.25) is 12.2 Å². The highest BCUT2D eigenvalue weighted by atomic mass is 16.6. The van der Waals surface area contributed by atoms with Crippen molar-refractivity contribution in [1.29, 1.82) is 0 Å². The number of rotatable bonds is 18. The van der Waals surface area contributed by atoms with E-state index in [9.17, 15) is 28.8 Å². The maximum atomic E-state index is 13.2. The molecule has 13 heteroatoms. The third-order valence-corrected chi connectivity index (χ3v) is 8.42. The van der Waals surface area contributed by atoms with E-state index in [0.29, 0.717) is 61.2 Å². The number of nitrogens with zero attached hydrogens (tertiary/aromatic N) is 1. The van der Waals surface area contributed by atoms with Crippen LogP contribution in [0.4, 0.5) is 0 Å². The van der Waals surface area contributed by atoms with Gasteiger partial charge in [-0.2, -0.15) is 0 Å². The number of imide groups is 1. The van der Waals surface area contributed by atoms with Gasteiger partial charge in [0.15, 0.2) is 0 Å². The molecule has 280 valence electrons. The third-order valence-electron chi connectivity index (χ3n) is 8.42. The van der Waals surface area contributed by atoms with Crippen molar-refractivity contribution in [2.45, 2.75) is 37.9 Å². The average molecular weight is 738 g/mol. The molecule has 0 bridgehead atoms. The Morgan fingerprint density at radius 2 is 0.944 bits per heavy atom. The SMILES string of the molecule is C=CC(=O)OCCCCOc1ccc2cc(C(=O)O[C@H]3C(=O)N(C)C(=O)[C@@H]3OC(=O)c3ccc4cc(OCCCCOC(=O)C=C)ccc4c3)ccc2c1. The fourth-order valence-corrected chi connectivity index (χ4v) is 5.47. The molecule has 2 amide bonds. The predicted octanol–water partition coefficient (Wildman–Crippen LogP) is 5.52. The standard InChI is InChI=1S/C41H39NO12/c1-4-34(43)51-20-8-6-18-49-32-16-14-26-22-30(12-10-28(26)24-32)40(47)53-36-37(39(46)42(3)38(36)45)54-41(48)31-13-11-29-25-33(17-15-27(29)23-31)50-19-7-9-21-52-35(44)5-2/h4-5,10-17,22-25,36-37H,1-2,6-9,18-21H2,3H3/t36-,37-/m1/s1. The molecule has 1 fully saturated rings. The van der Waals surface area contributed by atoms with Crippen molar-refractivity contribution >= 4 is 57.2 Å². The number of carbonyl (C=O) groups is 6. The number of carbonyl (C=O) groups excluding carboxylic acids is 6. The first kappa shape index (κ1) is 38.7. The lowest BCUT2D eigenvalue weighted by molar-refractivity contribution is -0.140. The van der Waals surface area contributed by atoms with Crippen LogP contribution in [0.5, 0.6) is 11.5 Å². The summed E-state index contributed by atoms with van der Waals surface area (Å²) in [6.07, 6.45) is 1.46. The molecular weight excluding hydrogens is 698 g/mol.